The van der Waals surface area contributed by atoms with E-state index in [1.54, 1.807) is 24.6 Å². The summed E-state index contributed by atoms with van der Waals surface area (Å²) in [5.41, 5.74) is -0.104. The lowest BCUT2D eigenvalue weighted by Gasteiger charge is -2.29. The molecule has 98 valence electrons. The Balaban J connectivity index is 2.68. The number of hydrogen-bond donors (Lipinski definition) is 1. The highest BCUT2D eigenvalue weighted by molar-refractivity contribution is 7.91. The molecule has 0 spiro atoms. The van der Waals surface area contributed by atoms with Gasteiger partial charge in [0.15, 0.2) is 0 Å². The fourth-order valence-corrected chi connectivity index (χ4v) is 3.49. The number of methoxy groups -OCH3 is 1. The van der Waals surface area contributed by atoms with Crippen LogP contribution in [0.25, 0.3) is 0 Å². The molecule has 0 aliphatic rings. The molecule has 1 heterocycles. The van der Waals surface area contributed by atoms with Gasteiger partial charge in [-0.1, -0.05) is 26.8 Å². The summed E-state index contributed by atoms with van der Waals surface area (Å²) in [6.45, 7) is 6.32. The average molecular weight is 277 g/mol. The first-order chi connectivity index (χ1) is 7.77. The molecule has 1 N–H and O–H groups in total. The number of hydrogen-bond acceptors (Lipinski definition) is 4. The van der Waals surface area contributed by atoms with Gasteiger partial charge in [-0.3, -0.25) is 0 Å². The van der Waals surface area contributed by atoms with Crippen LogP contribution in [0.15, 0.2) is 21.7 Å². The lowest BCUT2D eigenvalue weighted by atomic mass is 9.89. The Bertz CT molecular complexity index is 432. The molecule has 0 aliphatic carbocycles. The summed E-state index contributed by atoms with van der Waals surface area (Å²) < 4.78 is 32.0. The Hall–Kier alpha value is -0.430. The van der Waals surface area contributed by atoms with Crippen LogP contribution in [0.5, 0.6) is 0 Å². The van der Waals surface area contributed by atoms with E-state index in [1.165, 1.54) is 11.3 Å². The zero-order valence-electron chi connectivity index (χ0n) is 10.6. The molecule has 0 radical (unpaired) electrons. The maximum absolute atomic E-state index is 11.9. The molecule has 0 amide bonds. The van der Waals surface area contributed by atoms with Crippen molar-refractivity contribution in [2.45, 2.75) is 31.1 Å². The number of thiophene rings is 1. The van der Waals surface area contributed by atoms with Gasteiger partial charge in [0.05, 0.1) is 6.10 Å². The number of nitrogens with one attached hydrogen (secondary N) is 1. The second-order valence-electron chi connectivity index (χ2n) is 4.87. The monoisotopic (exact) mass is 277 g/mol. The van der Waals surface area contributed by atoms with E-state index in [-0.39, 0.29) is 18.1 Å². The normalized spacial score (nSPS) is 14.8. The molecule has 0 fully saturated rings. The van der Waals surface area contributed by atoms with Crippen LogP contribution in [-0.2, 0) is 14.8 Å². The predicted molar refractivity (Wildman–Crippen MR) is 69.8 cm³/mol. The van der Waals surface area contributed by atoms with E-state index in [0.29, 0.717) is 4.21 Å². The van der Waals surface area contributed by atoms with Crippen LogP contribution in [0.4, 0.5) is 0 Å². The number of rotatable bonds is 5. The van der Waals surface area contributed by atoms with E-state index < -0.39 is 10.0 Å². The van der Waals surface area contributed by atoms with Crippen molar-refractivity contribution in [3.8, 4) is 0 Å². The first-order valence-electron chi connectivity index (χ1n) is 5.33. The molecule has 1 rings (SSSR count). The number of ether oxygens (including phenoxy) is 1. The van der Waals surface area contributed by atoms with Crippen LogP contribution in [0, 0.1) is 5.41 Å². The minimum Gasteiger partial charge on any atom is -0.380 e. The fourth-order valence-electron chi connectivity index (χ4n) is 1.42. The van der Waals surface area contributed by atoms with E-state index in [2.05, 4.69) is 4.72 Å². The van der Waals surface area contributed by atoms with Gasteiger partial charge >= 0.3 is 0 Å². The molecule has 17 heavy (non-hydrogen) atoms. The summed E-state index contributed by atoms with van der Waals surface area (Å²) in [5.74, 6) is 0. The molecular weight excluding hydrogens is 258 g/mol. The minimum absolute atomic E-state index is 0.104. The van der Waals surface area contributed by atoms with Crippen molar-refractivity contribution in [1.82, 2.24) is 4.72 Å². The third kappa shape index (κ3) is 4.06. The highest BCUT2D eigenvalue weighted by Gasteiger charge is 2.26. The van der Waals surface area contributed by atoms with Crippen LogP contribution in [0.1, 0.15) is 20.8 Å². The lowest BCUT2D eigenvalue weighted by molar-refractivity contribution is 0.0212. The highest BCUT2D eigenvalue weighted by Crippen LogP contribution is 2.22. The van der Waals surface area contributed by atoms with Crippen molar-refractivity contribution in [2.24, 2.45) is 5.41 Å². The summed E-state index contributed by atoms with van der Waals surface area (Å²) in [6, 6.07) is 3.31. The third-order valence-electron chi connectivity index (χ3n) is 2.47. The van der Waals surface area contributed by atoms with E-state index in [4.69, 9.17) is 4.74 Å². The molecule has 4 nitrogen and oxygen atoms in total. The first-order valence-corrected chi connectivity index (χ1v) is 7.69. The van der Waals surface area contributed by atoms with Crippen LogP contribution >= 0.6 is 11.3 Å². The number of sulfonamides is 1. The molecule has 0 aromatic carbocycles. The summed E-state index contributed by atoms with van der Waals surface area (Å²) >= 11 is 1.21. The quantitative estimate of drug-likeness (QED) is 0.896. The molecule has 0 aliphatic heterocycles. The molecule has 1 atom stereocenters. The van der Waals surface area contributed by atoms with E-state index in [9.17, 15) is 8.42 Å². The molecule has 0 bridgehead atoms. The average Bonchev–Trinajstić information content (AvgIpc) is 2.69. The molecule has 6 heteroatoms. The van der Waals surface area contributed by atoms with Gasteiger partial charge in [-0.25, -0.2) is 13.1 Å². The molecule has 0 unspecified atom stereocenters. The SMILES string of the molecule is CO[C@H](CNS(=O)(=O)c1cccs1)C(C)(C)C. The van der Waals surface area contributed by atoms with Crippen molar-refractivity contribution in [3.05, 3.63) is 17.5 Å². The van der Waals surface area contributed by atoms with Gasteiger partial charge in [-0.05, 0) is 16.9 Å². The summed E-state index contributed by atoms with van der Waals surface area (Å²) in [6.07, 6.45) is -0.155. The third-order valence-corrected chi connectivity index (χ3v) is 5.29. The van der Waals surface area contributed by atoms with E-state index in [0.717, 1.165) is 0 Å². The van der Waals surface area contributed by atoms with Crippen molar-refractivity contribution < 1.29 is 13.2 Å². The van der Waals surface area contributed by atoms with Gasteiger partial charge in [-0.2, -0.15) is 0 Å². The Morgan fingerprint density at radius 3 is 2.53 bits per heavy atom. The standard InChI is InChI=1S/C11H19NO3S2/c1-11(2,3)9(15-4)8-12-17(13,14)10-6-5-7-16-10/h5-7,9,12H,8H2,1-4H3/t9-/m1/s1. The Kier molecular flexibility index (Phi) is 4.71. The molecule has 0 saturated heterocycles. The second-order valence-corrected chi connectivity index (χ2v) is 7.82. The molecule has 1 aromatic heterocycles. The summed E-state index contributed by atoms with van der Waals surface area (Å²) in [5, 5.41) is 1.74. The predicted octanol–water partition coefficient (Wildman–Crippen LogP) is 2.09. The van der Waals surface area contributed by atoms with Gasteiger partial charge < -0.3 is 4.74 Å². The van der Waals surface area contributed by atoms with E-state index in [1.807, 2.05) is 20.8 Å². The van der Waals surface area contributed by atoms with Gasteiger partial charge in [-0.15, -0.1) is 11.3 Å². The molecular formula is C11H19NO3S2. The van der Waals surface area contributed by atoms with Gasteiger partial charge in [0.1, 0.15) is 4.21 Å². The maximum atomic E-state index is 11.9. The van der Waals surface area contributed by atoms with Gasteiger partial charge in [0.25, 0.3) is 0 Å². The fraction of sp³-hybridized carbons (Fsp3) is 0.636. The zero-order valence-corrected chi connectivity index (χ0v) is 12.2. The van der Waals surface area contributed by atoms with Crippen molar-refractivity contribution in [2.75, 3.05) is 13.7 Å². The maximum Gasteiger partial charge on any atom is 0.250 e. The van der Waals surface area contributed by atoms with Gasteiger partial charge in [0.2, 0.25) is 10.0 Å². The van der Waals surface area contributed by atoms with Crippen molar-refractivity contribution >= 4 is 21.4 Å². The lowest BCUT2D eigenvalue weighted by Crippen LogP contribution is -2.40. The Morgan fingerprint density at radius 2 is 2.12 bits per heavy atom. The van der Waals surface area contributed by atoms with Crippen LogP contribution < -0.4 is 4.72 Å². The topological polar surface area (TPSA) is 55.4 Å². The first kappa shape index (κ1) is 14.6. The Morgan fingerprint density at radius 1 is 1.47 bits per heavy atom. The van der Waals surface area contributed by atoms with Crippen molar-refractivity contribution in [1.29, 1.82) is 0 Å². The smallest absolute Gasteiger partial charge is 0.250 e. The summed E-state index contributed by atoms with van der Waals surface area (Å²) in [7, 11) is -1.80. The zero-order chi connectivity index (χ0) is 13.1. The summed E-state index contributed by atoms with van der Waals surface area (Å²) in [4.78, 5) is 0. The van der Waals surface area contributed by atoms with Crippen LogP contribution in [0.2, 0.25) is 0 Å². The van der Waals surface area contributed by atoms with Crippen LogP contribution in [0.3, 0.4) is 0 Å². The van der Waals surface area contributed by atoms with Crippen molar-refractivity contribution in [3.63, 3.8) is 0 Å². The van der Waals surface area contributed by atoms with Crippen LogP contribution in [-0.4, -0.2) is 28.2 Å². The highest BCUT2D eigenvalue weighted by atomic mass is 32.2. The Labute approximate surface area is 107 Å². The minimum atomic E-state index is -3.39. The van der Waals surface area contributed by atoms with E-state index >= 15 is 0 Å². The largest absolute Gasteiger partial charge is 0.380 e. The molecule has 1 aromatic rings. The molecule has 0 saturated carbocycles. The van der Waals surface area contributed by atoms with Gasteiger partial charge in [0, 0.05) is 13.7 Å². The second kappa shape index (κ2) is 5.48.